The highest BCUT2D eigenvalue weighted by atomic mass is 16.6. The summed E-state index contributed by atoms with van der Waals surface area (Å²) in [5.74, 6) is 0.200. The van der Waals surface area contributed by atoms with Crippen LogP contribution in [0.15, 0.2) is 48.5 Å². The zero-order valence-corrected chi connectivity index (χ0v) is 10.2. The highest BCUT2D eigenvalue weighted by Crippen LogP contribution is 2.28. The van der Waals surface area contributed by atoms with E-state index in [0.29, 0.717) is 5.56 Å². The van der Waals surface area contributed by atoms with Crippen LogP contribution in [0, 0.1) is 10.1 Å². The van der Waals surface area contributed by atoms with Gasteiger partial charge in [0.2, 0.25) is 0 Å². The topological polar surface area (TPSA) is 72.6 Å². The molecule has 0 spiro atoms. The molecule has 0 amide bonds. The summed E-state index contributed by atoms with van der Waals surface area (Å²) >= 11 is 0. The number of rotatable bonds is 5. The molecule has 1 N–H and O–H groups in total. The maximum atomic E-state index is 10.9. The van der Waals surface area contributed by atoms with Gasteiger partial charge in [0.05, 0.1) is 11.5 Å². The molecule has 0 bridgehead atoms. The van der Waals surface area contributed by atoms with Crippen LogP contribution in [0.4, 0.5) is 5.69 Å². The average Bonchev–Trinajstić information content (AvgIpc) is 2.46. The fourth-order valence-electron chi connectivity index (χ4n) is 1.66. The lowest BCUT2D eigenvalue weighted by Crippen LogP contribution is -2.00. The lowest BCUT2D eigenvalue weighted by molar-refractivity contribution is -0.386. The third kappa shape index (κ3) is 3.29. The first-order valence-corrected chi connectivity index (χ1v) is 5.75. The van der Waals surface area contributed by atoms with Gasteiger partial charge < -0.3 is 9.84 Å². The van der Waals surface area contributed by atoms with Crippen LogP contribution < -0.4 is 4.74 Å². The van der Waals surface area contributed by atoms with E-state index in [0.717, 1.165) is 5.56 Å². The number of benzene rings is 2. The van der Waals surface area contributed by atoms with Gasteiger partial charge in [0.15, 0.2) is 5.75 Å². The minimum absolute atomic E-state index is 0.137. The largest absolute Gasteiger partial charge is 0.482 e. The van der Waals surface area contributed by atoms with Crippen molar-refractivity contribution in [2.75, 3.05) is 0 Å². The molecular formula is C14H13NO4. The summed E-state index contributed by atoms with van der Waals surface area (Å²) in [6.07, 6.45) is 0. The molecule has 0 aromatic heterocycles. The monoisotopic (exact) mass is 259 g/mol. The molecule has 0 heterocycles. The third-order valence-corrected chi connectivity index (χ3v) is 2.64. The SMILES string of the molecule is O=[N+]([O-])c1cc(CO)ccc1OCc1ccccc1. The van der Waals surface area contributed by atoms with Crippen LogP contribution in [0.3, 0.4) is 0 Å². The highest BCUT2D eigenvalue weighted by molar-refractivity contribution is 5.48. The normalized spacial score (nSPS) is 10.2. The third-order valence-electron chi connectivity index (χ3n) is 2.64. The number of nitrogens with zero attached hydrogens (tertiary/aromatic N) is 1. The van der Waals surface area contributed by atoms with Crippen LogP contribution in [0.5, 0.6) is 5.75 Å². The van der Waals surface area contributed by atoms with Crippen molar-refractivity contribution in [1.29, 1.82) is 0 Å². The van der Waals surface area contributed by atoms with Gasteiger partial charge in [0.1, 0.15) is 6.61 Å². The Hall–Kier alpha value is -2.40. The van der Waals surface area contributed by atoms with E-state index in [-0.39, 0.29) is 24.7 Å². The van der Waals surface area contributed by atoms with Crippen LogP contribution in [-0.4, -0.2) is 10.0 Å². The Balaban J connectivity index is 2.18. The fourth-order valence-corrected chi connectivity index (χ4v) is 1.66. The molecule has 0 aliphatic heterocycles. The summed E-state index contributed by atoms with van der Waals surface area (Å²) in [6.45, 7) is 0.0277. The van der Waals surface area contributed by atoms with Crippen LogP contribution in [0.1, 0.15) is 11.1 Å². The summed E-state index contributed by atoms with van der Waals surface area (Å²) in [4.78, 5) is 10.4. The van der Waals surface area contributed by atoms with Crippen molar-refractivity contribution in [3.63, 3.8) is 0 Å². The minimum Gasteiger partial charge on any atom is -0.482 e. The molecule has 0 aliphatic carbocycles. The van der Waals surface area contributed by atoms with E-state index in [2.05, 4.69) is 0 Å². The molecule has 2 rings (SSSR count). The van der Waals surface area contributed by atoms with E-state index in [1.165, 1.54) is 12.1 Å². The van der Waals surface area contributed by atoms with Gasteiger partial charge in [0.25, 0.3) is 0 Å². The molecule has 2 aromatic rings. The van der Waals surface area contributed by atoms with Gasteiger partial charge in [-0.15, -0.1) is 0 Å². The van der Waals surface area contributed by atoms with Crippen molar-refractivity contribution in [2.45, 2.75) is 13.2 Å². The number of ether oxygens (including phenoxy) is 1. The van der Waals surface area contributed by atoms with Crippen molar-refractivity contribution in [1.82, 2.24) is 0 Å². The lowest BCUT2D eigenvalue weighted by Gasteiger charge is -2.07. The van der Waals surface area contributed by atoms with Gasteiger partial charge >= 0.3 is 5.69 Å². The molecule has 0 unspecified atom stereocenters. The van der Waals surface area contributed by atoms with E-state index in [1.54, 1.807) is 6.07 Å². The fraction of sp³-hybridized carbons (Fsp3) is 0.143. The molecule has 0 fully saturated rings. The minimum atomic E-state index is -0.514. The van der Waals surface area contributed by atoms with Crippen LogP contribution in [-0.2, 0) is 13.2 Å². The summed E-state index contributed by atoms with van der Waals surface area (Å²) in [5.41, 5.74) is 1.28. The van der Waals surface area contributed by atoms with Crippen molar-refractivity contribution >= 4 is 5.69 Å². The maximum Gasteiger partial charge on any atom is 0.311 e. The van der Waals surface area contributed by atoms with Crippen molar-refractivity contribution in [2.24, 2.45) is 0 Å². The second kappa shape index (κ2) is 5.97. The molecule has 0 atom stereocenters. The number of aliphatic hydroxyl groups excluding tert-OH is 1. The molecule has 5 nitrogen and oxygen atoms in total. The summed E-state index contributed by atoms with van der Waals surface area (Å²) < 4.78 is 5.46. The zero-order chi connectivity index (χ0) is 13.7. The molecule has 5 heteroatoms. The van der Waals surface area contributed by atoms with Crippen molar-refractivity contribution < 1.29 is 14.8 Å². The Labute approximate surface area is 110 Å². The number of nitro benzene ring substituents is 1. The number of hydrogen-bond acceptors (Lipinski definition) is 4. The Morgan fingerprint density at radius 3 is 2.47 bits per heavy atom. The summed E-state index contributed by atoms with van der Waals surface area (Å²) in [7, 11) is 0. The first kappa shape index (κ1) is 13.0. The molecule has 0 saturated heterocycles. The first-order chi connectivity index (χ1) is 9.20. The van der Waals surface area contributed by atoms with E-state index in [1.807, 2.05) is 30.3 Å². The van der Waals surface area contributed by atoms with E-state index >= 15 is 0 Å². The van der Waals surface area contributed by atoms with Crippen molar-refractivity contribution in [3.05, 3.63) is 69.8 Å². The van der Waals surface area contributed by atoms with Crippen LogP contribution in [0.2, 0.25) is 0 Å². The standard InChI is InChI=1S/C14H13NO4/c16-9-12-6-7-14(13(8-12)15(17)18)19-10-11-4-2-1-3-5-11/h1-8,16H,9-10H2. The molecule has 19 heavy (non-hydrogen) atoms. The Bertz CT molecular complexity index is 569. The maximum absolute atomic E-state index is 10.9. The molecular weight excluding hydrogens is 246 g/mol. The summed E-state index contributed by atoms with van der Waals surface area (Å²) in [6, 6.07) is 13.8. The molecule has 0 radical (unpaired) electrons. The highest BCUT2D eigenvalue weighted by Gasteiger charge is 2.15. The van der Waals surface area contributed by atoms with E-state index in [9.17, 15) is 10.1 Å². The number of nitro groups is 1. The number of hydrogen-bond donors (Lipinski definition) is 1. The Morgan fingerprint density at radius 1 is 1.11 bits per heavy atom. The second-order valence-electron chi connectivity index (χ2n) is 3.99. The molecule has 2 aromatic carbocycles. The van der Waals surface area contributed by atoms with E-state index < -0.39 is 4.92 Å². The van der Waals surface area contributed by atoms with Gasteiger partial charge in [-0.25, -0.2) is 0 Å². The Morgan fingerprint density at radius 2 is 1.84 bits per heavy atom. The molecule has 98 valence electrons. The van der Waals surface area contributed by atoms with Gasteiger partial charge in [0, 0.05) is 6.07 Å². The predicted molar refractivity (Wildman–Crippen MR) is 69.8 cm³/mol. The zero-order valence-electron chi connectivity index (χ0n) is 10.2. The van der Waals surface area contributed by atoms with Gasteiger partial charge in [-0.1, -0.05) is 36.4 Å². The Kier molecular flexibility index (Phi) is 4.10. The average molecular weight is 259 g/mol. The second-order valence-corrected chi connectivity index (χ2v) is 3.99. The smallest absolute Gasteiger partial charge is 0.311 e. The van der Waals surface area contributed by atoms with Gasteiger partial charge in [-0.2, -0.15) is 0 Å². The molecule has 0 saturated carbocycles. The van der Waals surface area contributed by atoms with E-state index in [4.69, 9.17) is 9.84 Å². The quantitative estimate of drug-likeness (QED) is 0.661. The number of aliphatic hydroxyl groups is 1. The van der Waals surface area contributed by atoms with Gasteiger partial charge in [-0.05, 0) is 17.2 Å². The van der Waals surface area contributed by atoms with Crippen LogP contribution >= 0.6 is 0 Å². The summed E-state index contributed by atoms with van der Waals surface area (Å²) in [5, 5.41) is 19.9. The van der Waals surface area contributed by atoms with Crippen LogP contribution in [0.25, 0.3) is 0 Å². The predicted octanol–water partition coefficient (Wildman–Crippen LogP) is 2.67. The van der Waals surface area contributed by atoms with Gasteiger partial charge in [-0.3, -0.25) is 10.1 Å². The lowest BCUT2D eigenvalue weighted by atomic mass is 10.2. The first-order valence-electron chi connectivity index (χ1n) is 5.75. The molecule has 0 aliphatic rings. The van der Waals surface area contributed by atoms with Crippen molar-refractivity contribution in [3.8, 4) is 5.75 Å².